The molecule has 0 saturated carbocycles. The van der Waals surface area contributed by atoms with Crippen LogP contribution in [-0.2, 0) is 9.47 Å². The lowest BCUT2D eigenvalue weighted by atomic mass is 9.89. The topological polar surface area (TPSA) is 58.1 Å². The van der Waals surface area contributed by atoms with Gasteiger partial charge in [0.15, 0.2) is 5.96 Å². The second kappa shape index (κ2) is 13.0. The SMILES string of the molecule is CCC(CC)C(CNC(=NC)NCC1CCCOC1c1ccccc1)N1CCOCC1. The summed E-state index contributed by atoms with van der Waals surface area (Å²) < 4.78 is 11.7. The number of guanidine groups is 1. The van der Waals surface area contributed by atoms with Crippen LogP contribution < -0.4 is 10.6 Å². The van der Waals surface area contributed by atoms with Crippen LogP contribution in [0.2, 0.25) is 0 Å². The Bertz CT molecular complexity index is 644. The lowest BCUT2D eigenvalue weighted by molar-refractivity contribution is -0.0265. The first-order valence-corrected chi connectivity index (χ1v) is 12.2. The predicted molar refractivity (Wildman–Crippen MR) is 127 cm³/mol. The zero-order valence-corrected chi connectivity index (χ0v) is 19.7. The molecule has 2 N–H and O–H groups in total. The van der Waals surface area contributed by atoms with Crippen molar-refractivity contribution in [3.05, 3.63) is 35.9 Å². The van der Waals surface area contributed by atoms with E-state index >= 15 is 0 Å². The average molecular weight is 431 g/mol. The van der Waals surface area contributed by atoms with Crippen LogP contribution in [0.25, 0.3) is 0 Å². The van der Waals surface area contributed by atoms with Crippen molar-refractivity contribution in [1.82, 2.24) is 15.5 Å². The molecule has 174 valence electrons. The summed E-state index contributed by atoms with van der Waals surface area (Å²) in [5, 5.41) is 7.21. The first-order chi connectivity index (χ1) is 15.3. The van der Waals surface area contributed by atoms with E-state index < -0.39 is 0 Å². The maximum atomic E-state index is 6.16. The van der Waals surface area contributed by atoms with Crippen molar-refractivity contribution in [3.8, 4) is 0 Å². The van der Waals surface area contributed by atoms with E-state index in [-0.39, 0.29) is 6.10 Å². The van der Waals surface area contributed by atoms with Crippen molar-refractivity contribution in [1.29, 1.82) is 0 Å². The average Bonchev–Trinajstić information content (AvgIpc) is 2.84. The number of morpholine rings is 1. The van der Waals surface area contributed by atoms with Crippen LogP contribution in [-0.4, -0.2) is 69.9 Å². The largest absolute Gasteiger partial charge is 0.379 e. The highest BCUT2D eigenvalue weighted by molar-refractivity contribution is 5.79. The van der Waals surface area contributed by atoms with Crippen molar-refractivity contribution in [2.24, 2.45) is 16.8 Å². The summed E-state index contributed by atoms with van der Waals surface area (Å²) in [5.41, 5.74) is 1.28. The molecule has 2 saturated heterocycles. The van der Waals surface area contributed by atoms with Crippen molar-refractivity contribution in [2.45, 2.75) is 51.7 Å². The number of ether oxygens (including phenoxy) is 2. The van der Waals surface area contributed by atoms with Crippen LogP contribution in [0.3, 0.4) is 0 Å². The molecule has 0 bridgehead atoms. The van der Waals surface area contributed by atoms with Gasteiger partial charge in [-0.25, -0.2) is 0 Å². The highest BCUT2D eigenvalue weighted by atomic mass is 16.5. The predicted octanol–water partition coefficient (Wildman–Crippen LogP) is 3.46. The molecule has 2 aliphatic heterocycles. The van der Waals surface area contributed by atoms with Crippen molar-refractivity contribution < 1.29 is 9.47 Å². The minimum Gasteiger partial charge on any atom is -0.379 e. The van der Waals surface area contributed by atoms with Crippen LogP contribution in [0.15, 0.2) is 35.3 Å². The van der Waals surface area contributed by atoms with Crippen molar-refractivity contribution in [3.63, 3.8) is 0 Å². The zero-order valence-electron chi connectivity index (χ0n) is 19.7. The van der Waals surface area contributed by atoms with Gasteiger partial charge in [0.25, 0.3) is 0 Å². The second-order valence-electron chi connectivity index (χ2n) is 8.73. The molecule has 31 heavy (non-hydrogen) atoms. The summed E-state index contributed by atoms with van der Waals surface area (Å²) in [6.07, 6.45) is 4.85. The van der Waals surface area contributed by atoms with Gasteiger partial charge in [0, 0.05) is 51.8 Å². The maximum Gasteiger partial charge on any atom is 0.191 e. The smallest absolute Gasteiger partial charge is 0.191 e. The fourth-order valence-electron chi connectivity index (χ4n) is 5.05. The molecule has 6 heteroatoms. The molecule has 3 atom stereocenters. The molecule has 6 nitrogen and oxygen atoms in total. The Kier molecular flexibility index (Phi) is 10.1. The Labute approximate surface area is 188 Å². The minimum absolute atomic E-state index is 0.159. The Morgan fingerprint density at radius 1 is 1.10 bits per heavy atom. The molecule has 1 aromatic rings. The van der Waals surface area contributed by atoms with E-state index in [2.05, 4.69) is 64.7 Å². The summed E-state index contributed by atoms with van der Waals surface area (Å²) in [4.78, 5) is 7.11. The van der Waals surface area contributed by atoms with Gasteiger partial charge in [-0.05, 0) is 24.3 Å². The molecule has 2 heterocycles. The van der Waals surface area contributed by atoms with Crippen molar-refractivity contribution in [2.75, 3.05) is 53.0 Å². The van der Waals surface area contributed by atoms with Gasteiger partial charge in [0.1, 0.15) is 0 Å². The van der Waals surface area contributed by atoms with E-state index in [4.69, 9.17) is 9.47 Å². The van der Waals surface area contributed by atoms with Gasteiger partial charge in [-0.1, -0.05) is 57.0 Å². The molecule has 2 aliphatic rings. The number of nitrogens with zero attached hydrogens (tertiary/aromatic N) is 2. The van der Waals surface area contributed by atoms with Gasteiger partial charge < -0.3 is 20.1 Å². The number of hydrogen-bond acceptors (Lipinski definition) is 4. The third kappa shape index (κ3) is 6.93. The summed E-state index contributed by atoms with van der Waals surface area (Å²) >= 11 is 0. The fraction of sp³-hybridized carbons (Fsp3) is 0.720. The van der Waals surface area contributed by atoms with Gasteiger partial charge in [-0.2, -0.15) is 0 Å². The molecule has 0 amide bonds. The Morgan fingerprint density at radius 3 is 2.52 bits per heavy atom. The maximum absolute atomic E-state index is 6.16. The summed E-state index contributed by atoms with van der Waals surface area (Å²) in [7, 11) is 1.86. The summed E-state index contributed by atoms with van der Waals surface area (Å²) in [5.74, 6) is 2.02. The van der Waals surface area contributed by atoms with Crippen LogP contribution in [0, 0.1) is 11.8 Å². The fourth-order valence-corrected chi connectivity index (χ4v) is 5.05. The molecular formula is C25H42N4O2. The Morgan fingerprint density at radius 2 is 1.84 bits per heavy atom. The lowest BCUT2D eigenvalue weighted by Crippen LogP contribution is -2.53. The van der Waals surface area contributed by atoms with E-state index in [0.717, 1.165) is 58.4 Å². The molecule has 3 rings (SSSR count). The molecule has 0 aliphatic carbocycles. The number of benzene rings is 1. The third-order valence-corrected chi connectivity index (χ3v) is 6.91. The van der Waals surface area contributed by atoms with Crippen LogP contribution >= 0.6 is 0 Å². The van der Waals surface area contributed by atoms with Crippen LogP contribution in [0.4, 0.5) is 0 Å². The standard InChI is InChI=1S/C25H42N4O2/c1-4-20(5-2)23(29-13-16-30-17-14-29)19-28-25(26-3)27-18-22-12-9-15-31-24(22)21-10-7-6-8-11-21/h6-8,10-11,20,22-24H,4-5,9,12-19H2,1-3H3,(H2,26,27,28). The number of aliphatic imine (C=N–C) groups is 1. The van der Waals surface area contributed by atoms with Gasteiger partial charge in [0.05, 0.1) is 19.3 Å². The summed E-state index contributed by atoms with van der Waals surface area (Å²) in [6.45, 7) is 11.0. The molecule has 0 radical (unpaired) electrons. The van der Waals surface area contributed by atoms with E-state index in [0.29, 0.717) is 17.9 Å². The van der Waals surface area contributed by atoms with Gasteiger partial charge in [0.2, 0.25) is 0 Å². The molecule has 0 aromatic heterocycles. The Balaban J connectivity index is 1.56. The van der Waals surface area contributed by atoms with Crippen LogP contribution in [0.1, 0.15) is 51.2 Å². The van der Waals surface area contributed by atoms with Crippen LogP contribution in [0.5, 0.6) is 0 Å². The normalized spacial score (nSPS) is 24.2. The van der Waals surface area contributed by atoms with E-state index in [1.165, 1.54) is 24.8 Å². The summed E-state index contributed by atoms with van der Waals surface area (Å²) in [6, 6.07) is 11.1. The molecular weight excluding hydrogens is 388 g/mol. The van der Waals surface area contributed by atoms with E-state index in [1.807, 2.05) is 7.05 Å². The molecule has 0 spiro atoms. The van der Waals surface area contributed by atoms with E-state index in [1.54, 1.807) is 0 Å². The highest BCUT2D eigenvalue weighted by Crippen LogP contribution is 2.33. The molecule has 3 unspecified atom stereocenters. The zero-order chi connectivity index (χ0) is 21.9. The number of nitrogens with one attached hydrogen (secondary N) is 2. The number of hydrogen-bond donors (Lipinski definition) is 2. The van der Waals surface area contributed by atoms with Crippen molar-refractivity contribution >= 4 is 5.96 Å². The van der Waals surface area contributed by atoms with Gasteiger partial charge >= 0.3 is 0 Å². The van der Waals surface area contributed by atoms with Gasteiger partial charge in [-0.15, -0.1) is 0 Å². The van der Waals surface area contributed by atoms with E-state index in [9.17, 15) is 0 Å². The first-order valence-electron chi connectivity index (χ1n) is 12.2. The highest BCUT2D eigenvalue weighted by Gasteiger charge is 2.29. The number of rotatable bonds is 9. The second-order valence-corrected chi connectivity index (χ2v) is 8.73. The quantitative estimate of drug-likeness (QED) is 0.464. The van der Waals surface area contributed by atoms with Gasteiger partial charge in [-0.3, -0.25) is 9.89 Å². The minimum atomic E-state index is 0.159. The Hall–Kier alpha value is -1.63. The third-order valence-electron chi connectivity index (χ3n) is 6.91. The monoisotopic (exact) mass is 430 g/mol. The first kappa shape index (κ1) is 24.0. The molecule has 1 aromatic carbocycles. The lowest BCUT2D eigenvalue weighted by Gasteiger charge is -2.39. The molecule has 2 fully saturated rings.